The summed E-state index contributed by atoms with van der Waals surface area (Å²) in [7, 11) is 0. The first kappa shape index (κ1) is 88.0. The molecular weight excluding hydrogens is 1210 g/mol. The van der Waals surface area contributed by atoms with Gasteiger partial charge in [-0.2, -0.15) is 0 Å². The summed E-state index contributed by atoms with van der Waals surface area (Å²) in [4.78, 5) is 0. The van der Waals surface area contributed by atoms with Gasteiger partial charge >= 0.3 is 0 Å². The SMILES string of the molecule is CC1C(C)C(C)C1C.CC1CC(C)C(C)CC1C.CC1CCC(C2CCC(C)C(C)C2)CC1C.CC1CCC(CC2CCC(C)C(C)C2)CC1C.CCC1C(C)CC(C)C1C.Cc1cc(C)c(C)cc1C.Cc1cc2cc(C)c(C)cc2cc1C.Cc1ccc(-c2ccc(C)c(C)c2)cc1C. The van der Waals surface area contributed by atoms with Crippen LogP contribution in [0.4, 0.5) is 0 Å². The summed E-state index contributed by atoms with van der Waals surface area (Å²) in [5.74, 6) is 23.8. The minimum Gasteiger partial charge on any atom is -0.0651 e. The molecule has 0 radical (unpaired) electrons. The topological polar surface area (TPSA) is 0 Å². The Morgan fingerprint density at radius 3 is 0.733 bits per heavy atom. The van der Waals surface area contributed by atoms with Gasteiger partial charge in [-0.05, 0) is 378 Å². The molecule has 0 saturated heterocycles. The van der Waals surface area contributed by atoms with Crippen LogP contribution in [0.15, 0.2) is 72.8 Å². The summed E-state index contributed by atoms with van der Waals surface area (Å²) in [5.41, 5.74) is 19.1. The van der Waals surface area contributed by atoms with E-state index < -0.39 is 0 Å². The Morgan fingerprint density at radius 1 is 0.228 bits per heavy atom. The third kappa shape index (κ3) is 26.4. The molecule has 0 heterocycles. The molecule has 7 aliphatic rings. The van der Waals surface area contributed by atoms with Crippen molar-refractivity contribution in [1.82, 2.24) is 0 Å². The van der Waals surface area contributed by atoms with E-state index in [9.17, 15) is 0 Å². The third-order valence-electron chi connectivity index (χ3n) is 30.8. The molecule has 5 aromatic rings. The summed E-state index contributed by atoms with van der Waals surface area (Å²) >= 11 is 0. The maximum absolute atomic E-state index is 2.48. The molecule has 0 bridgehead atoms. The largest absolute Gasteiger partial charge is 0.0651 e. The van der Waals surface area contributed by atoms with E-state index in [0.29, 0.717) is 0 Å². The Morgan fingerprint density at radius 2 is 0.485 bits per heavy atom. The highest BCUT2D eigenvalue weighted by molar-refractivity contribution is 5.85. The molecule has 7 aliphatic carbocycles. The Bertz CT molecular complexity index is 2920. The van der Waals surface area contributed by atoms with Crippen LogP contribution in [0.25, 0.3) is 21.9 Å². The first-order chi connectivity index (χ1) is 47.3. The molecule has 0 N–H and O–H groups in total. The van der Waals surface area contributed by atoms with Crippen LogP contribution >= 0.6 is 0 Å². The number of fused-ring (bicyclic) bond motifs is 1. The molecule has 20 atom stereocenters. The summed E-state index contributed by atoms with van der Waals surface area (Å²) in [5, 5.41) is 2.72. The van der Waals surface area contributed by atoms with Gasteiger partial charge in [0.2, 0.25) is 0 Å². The second-order valence-corrected chi connectivity index (χ2v) is 38.3. The van der Waals surface area contributed by atoms with Crippen molar-refractivity contribution < 1.29 is 0 Å². The number of hydrogen-bond donors (Lipinski definition) is 0. The molecule has 12 rings (SSSR count). The lowest BCUT2D eigenvalue weighted by Gasteiger charge is -2.45. The highest BCUT2D eigenvalue weighted by Crippen LogP contribution is 2.47. The van der Waals surface area contributed by atoms with Crippen LogP contribution in [-0.4, -0.2) is 0 Å². The molecule has 0 spiro atoms. The van der Waals surface area contributed by atoms with Gasteiger partial charge in [0.1, 0.15) is 0 Å². The van der Waals surface area contributed by atoms with Gasteiger partial charge in [0, 0.05) is 0 Å². The Labute approximate surface area is 630 Å². The molecule has 0 aromatic heterocycles. The Hall–Kier alpha value is -3.64. The Balaban J connectivity index is 0.000000210. The summed E-state index contributed by atoms with van der Waals surface area (Å²) in [6.07, 6.45) is 25.4. The average Bonchev–Trinajstić information content (AvgIpc) is 1.48. The normalized spacial score (nSPS) is 34.2. The number of aryl methyl sites for hydroxylation is 12. The van der Waals surface area contributed by atoms with E-state index in [1.54, 1.807) is 6.42 Å². The van der Waals surface area contributed by atoms with Crippen LogP contribution < -0.4 is 0 Å². The first-order valence-electron chi connectivity index (χ1n) is 43.0. The quantitative estimate of drug-likeness (QED) is 0.165. The molecule has 0 aliphatic heterocycles. The molecule has 101 heavy (non-hydrogen) atoms. The van der Waals surface area contributed by atoms with Gasteiger partial charge in [-0.25, -0.2) is 0 Å². The summed E-state index contributed by atoms with van der Waals surface area (Å²) in [6.45, 7) is 74.2. The Kier molecular flexibility index (Phi) is 36.1. The van der Waals surface area contributed by atoms with E-state index in [1.807, 2.05) is 0 Å². The molecule has 0 heteroatoms. The zero-order valence-electron chi connectivity index (χ0n) is 72.8. The molecular formula is C101H166. The fraction of sp³-hybridized carbons (Fsp3) is 0.723. The van der Waals surface area contributed by atoms with Gasteiger partial charge in [0.25, 0.3) is 0 Å². The fourth-order valence-electron chi connectivity index (χ4n) is 19.6. The van der Waals surface area contributed by atoms with Gasteiger partial charge in [0.15, 0.2) is 0 Å². The maximum Gasteiger partial charge on any atom is -0.0178 e. The minimum atomic E-state index is 0.964. The number of hydrogen-bond acceptors (Lipinski definition) is 0. The van der Waals surface area contributed by atoms with E-state index in [1.165, 1.54) is 191 Å². The molecule has 7 saturated carbocycles. The monoisotopic (exact) mass is 1380 g/mol. The lowest BCUT2D eigenvalue weighted by Crippen LogP contribution is -2.39. The predicted octanol–water partition coefficient (Wildman–Crippen LogP) is 31.4. The van der Waals surface area contributed by atoms with Crippen LogP contribution in [0.1, 0.15) is 314 Å². The van der Waals surface area contributed by atoms with E-state index in [0.717, 1.165) is 142 Å². The van der Waals surface area contributed by atoms with Crippen LogP contribution in [0.2, 0.25) is 0 Å². The minimum absolute atomic E-state index is 0.964. The zero-order chi connectivity index (χ0) is 75.6. The number of benzene rings is 5. The molecule has 0 nitrogen and oxygen atoms in total. The van der Waals surface area contributed by atoms with Crippen molar-refractivity contribution in [2.45, 2.75) is 331 Å². The van der Waals surface area contributed by atoms with Gasteiger partial charge in [-0.1, -0.05) is 256 Å². The van der Waals surface area contributed by atoms with Crippen molar-refractivity contribution >= 4 is 10.8 Å². The lowest BCUT2D eigenvalue weighted by atomic mass is 9.60. The van der Waals surface area contributed by atoms with Gasteiger partial charge in [0.05, 0.1) is 0 Å². The van der Waals surface area contributed by atoms with Crippen LogP contribution in [-0.2, 0) is 0 Å². The highest BCUT2D eigenvalue weighted by atomic mass is 14.4. The van der Waals surface area contributed by atoms with E-state index in [-0.39, 0.29) is 0 Å². The predicted molar refractivity (Wildman–Crippen MR) is 455 cm³/mol. The van der Waals surface area contributed by atoms with Crippen molar-refractivity contribution in [3.8, 4) is 11.1 Å². The molecule has 570 valence electrons. The zero-order valence-corrected chi connectivity index (χ0v) is 72.8. The maximum atomic E-state index is 2.48. The van der Waals surface area contributed by atoms with Gasteiger partial charge in [-0.15, -0.1) is 0 Å². The average molecular weight is 1380 g/mol. The van der Waals surface area contributed by atoms with Crippen molar-refractivity contribution in [3.63, 3.8) is 0 Å². The lowest BCUT2D eigenvalue weighted by molar-refractivity contribution is 0.0302. The third-order valence-corrected chi connectivity index (χ3v) is 30.8. The molecule has 0 amide bonds. The standard InChI is InChI=1S/C17H32.C16H30.C16H18.C14H16.C10H20.C10H14.C10H20.C8H16/c1-12-5-7-16(9-14(12)3)11-17-8-6-13(2)15(4)10-17;2*1-11-5-7-15(9-13(11)3)16-8-6-12(2)14(4)10-16;1-9-5-13-7-11(3)12(4)8-14(13)6-10(9)2;2*1-7-5-9(3)10(4)6-8(7)2;1-5-10-8(3)6-7(2)9(10)4;1-5-6(2)8(4)7(5)3/h12-17H,5-11H2,1-4H3;11-16H,5-10H2,1-4H3;5-10H,1-4H3;5-8H,1-4H3;7-10H,5-6H2,1-4H3;5-6H,1-4H3;7-10H,5-6H2,1-4H3;5-8H,1-4H3. The van der Waals surface area contributed by atoms with E-state index >= 15 is 0 Å². The van der Waals surface area contributed by atoms with Crippen molar-refractivity contribution in [1.29, 1.82) is 0 Å². The summed E-state index contributed by atoms with van der Waals surface area (Å²) < 4.78 is 0. The first-order valence-corrected chi connectivity index (χ1v) is 43.0. The summed E-state index contributed by atoms with van der Waals surface area (Å²) in [6, 6.07) is 26.9. The van der Waals surface area contributed by atoms with E-state index in [4.69, 9.17) is 0 Å². The van der Waals surface area contributed by atoms with Crippen LogP contribution in [0, 0.1) is 225 Å². The molecule has 20 unspecified atom stereocenters. The second-order valence-electron chi connectivity index (χ2n) is 38.3. The van der Waals surface area contributed by atoms with Crippen molar-refractivity contribution in [2.75, 3.05) is 0 Å². The second kappa shape index (κ2) is 41.5. The molecule has 7 fully saturated rings. The van der Waals surface area contributed by atoms with Gasteiger partial charge < -0.3 is 0 Å². The van der Waals surface area contributed by atoms with Crippen LogP contribution in [0.3, 0.4) is 0 Å². The highest BCUT2D eigenvalue weighted by Gasteiger charge is 2.39. The molecule has 5 aromatic carbocycles. The number of rotatable bonds is 5. The van der Waals surface area contributed by atoms with E-state index in [2.05, 4.69) is 294 Å². The smallest absolute Gasteiger partial charge is 0.0178 e. The van der Waals surface area contributed by atoms with Crippen molar-refractivity contribution in [3.05, 3.63) is 140 Å². The fourth-order valence-corrected chi connectivity index (χ4v) is 19.6. The van der Waals surface area contributed by atoms with Crippen LogP contribution in [0.5, 0.6) is 0 Å². The van der Waals surface area contributed by atoms with Gasteiger partial charge in [-0.3, -0.25) is 0 Å². The van der Waals surface area contributed by atoms with Crippen molar-refractivity contribution in [2.24, 2.45) is 142 Å².